The van der Waals surface area contributed by atoms with Crippen LogP contribution in [0.1, 0.15) is 16.8 Å². The van der Waals surface area contributed by atoms with Gasteiger partial charge in [-0.15, -0.1) is 11.8 Å². The summed E-state index contributed by atoms with van der Waals surface area (Å²) < 4.78 is 0. The average molecular weight is 312 g/mol. The topological polar surface area (TPSA) is 66.4 Å². The van der Waals surface area contributed by atoms with Crippen molar-refractivity contribution in [3.63, 3.8) is 0 Å². The Morgan fingerprint density at radius 1 is 1.40 bits per heavy atom. The minimum absolute atomic E-state index is 0.266. The maximum atomic E-state index is 12.2. The predicted molar refractivity (Wildman–Crippen MR) is 79.4 cm³/mol. The van der Waals surface area contributed by atoms with Crippen molar-refractivity contribution >= 4 is 35.2 Å². The molecule has 4 nitrogen and oxygen atoms in total. The number of aliphatic carboxylic acids is 1. The van der Waals surface area contributed by atoms with Crippen LogP contribution in [-0.4, -0.2) is 29.3 Å². The normalized spacial score (nSPS) is 20.9. The number of halogens is 1. The lowest BCUT2D eigenvalue weighted by Crippen LogP contribution is -2.33. The molecule has 0 saturated carbocycles. The molecule has 0 aromatic heterocycles. The molecule has 0 radical (unpaired) electrons. The number of carbonyl (C=O) groups is 2. The zero-order chi connectivity index (χ0) is 14.7. The number of amides is 1. The number of thioether (sulfide) groups is 1. The molecule has 106 valence electrons. The average Bonchev–Trinajstić information content (AvgIpc) is 2.88. The summed E-state index contributed by atoms with van der Waals surface area (Å²) in [5.41, 5.74) is 0.408. The highest BCUT2D eigenvalue weighted by Crippen LogP contribution is 2.24. The molecule has 1 aliphatic carbocycles. The zero-order valence-corrected chi connectivity index (χ0v) is 12.4. The Morgan fingerprint density at radius 3 is 2.75 bits per heavy atom. The molecule has 0 saturated heterocycles. The molecule has 2 N–H and O–H groups in total. The van der Waals surface area contributed by atoms with Gasteiger partial charge in [-0.1, -0.05) is 23.8 Å². The first-order chi connectivity index (χ1) is 9.51. The molecule has 6 heteroatoms. The molecule has 1 aromatic rings. The van der Waals surface area contributed by atoms with E-state index >= 15 is 0 Å². The summed E-state index contributed by atoms with van der Waals surface area (Å²) in [6.45, 7) is 0. The molecule has 2 rings (SSSR count). The summed E-state index contributed by atoms with van der Waals surface area (Å²) in [6, 6.07) is 5.00. The van der Waals surface area contributed by atoms with Crippen LogP contribution in [0.25, 0.3) is 0 Å². The number of carboxylic acids is 1. The second kappa shape index (κ2) is 6.33. The molecule has 0 heterocycles. The standard InChI is InChI=1S/C14H14ClNO3S/c1-20-10-4-5-12(15)11(7-10)13(17)16-9-3-2-8(6-9)14(18)19/h2-5,7-9H,6H2,1H3,(H,16,17)(H,18,19). The summed E-state index contributed by atoms with van der Waals surface area (Å²) in [4.78, 5) is 24.0. The van der Waals surface area contributed by atoms with E-state index in [2.05, 4.69) is 5.32 Å². The summed E-state index contributed by atoms with van der Waals surface area (Å²) in [5, 5.41) is 12.1. The fourth-order valence-corrected chi connectivity index (χ4v) is 2.68. The number of benzene rings is 1. The quantitative estimate of drug-likeness (QED) is 0.663. The van der Waals surface area contributed by atoms with Crippen LogP contribution in [0.5, 0.6) is 0 Å². The number of rotatable bonds is 4. The van der Waals surface area contributed by atoms with Crippen molar-refractivity contribution in [2.75, 3.05) is 6.26 Å². The van der Waals surface area contributed by atoms with Crippen LogP contribution >= 0.6 is 23.4 Å². The molecule has 0 fully saturated rings. The smallest absolute Gasteiger partial charge is 0.310 e. The van der Waals surface area contributed by atoms with Crippen molar-refractivity contribution in [2.45, 2.75) is 17.4 Å². The van der Waals surface area contributed by atoms with Crippen molar-refractivity contribution in [2.24, 2.45) is 5.92 Å². The van der Waals surface area contributed by atoms with Gasteiger partial charge in [0.25, 0.3) is 5.91 Å². The van der Waals surface area contributed by atoms with E-state index in [4.69, 9.17) is 16.7 Å². The maximum Gasteiger partial charge on any atom is 0.310 e. The Kier molecular flexibility index (Phi) is 4.73. The zero-order valence-electron chi connectivity index (χ0n) is 10.8. The Morgan fingerprint density at radius 2 is 2.15 bits per heavy atom. The van der Waals surface area contributed by atoms with E-state index in [9.17, 15) is 9.59 Å². The minimum Gasteiger partial charge on any atom is -0.481 e. The van der Waals surface area contributed by atoms with Crippen LogP contribution in [0, 0.1) is 5.92 Å². The SMILES string of the molecule is CSc1ccc(Cl)c(C(=O)NC2C=CC(C(=O)O)C2)c1. The first-order valence-electron chi connectivity index (χ1n) is 6.07. The van der Waals surface area contributed by atoms with Crippen molar-refractivity contribution in [3.05, 3.63) is 40.9 Å². The van der Waals surface area contributed by atoms with Gasteiger partial charge < -0.3 is 10.4 Å². The Hall–Kier alpha value is -1.46. The van der Waals surface area contributed by atoms with Crippen molar-refractivity contribution < 1.29 is 14.7 Å². The van der Waals surface area contributed by atoms with Crippen LogP contribution in [-0.2, 0) is 4.79 Å². The molecular formula is C14H14ClNO3S. The second-order valence-electron chi connectivity index (χ2n) is 4.49. The maximum absolute atomic E-state index is 12.2. The van der Waals surface area contributed by atoms with E-state index in [0.717, 1.165) is 4.90 Å². The van der Waals surface area contributed by atoms with E-state index in [-0.39, 0.29) is 11.9 Å². The highest BCUT2D eigenvalue weighted by molar-refractivity contribution is 7.98. The lowest BCUT2D eigenvalue weighted by atomic mass is 10.1. The van der Waals surface area contributed by atoms with Crippen molar-refractivity contribution in [3.8, 4) is 0 Å². The Labute approximate surface area is 126 Å². The second-order valence-corrected chi connectivity index (χ2v) is 5.78. The van der Waals surface area contributed by atoms with E-state index in [1.54, 1.807) is 24.3 Å². The van der Waals surface area contributed by atoms with Crippen LogP contribution in [0.4, 0.5) is 0 Å². The fourth-order valence-electron chi connectivity index (χ4n) is 2.04. The molecule has 1 amide bonds. The third-order valence-corrected chi connectivity index (χ3v) is 4.19. The van der Waals surface area contributed by atoms with Crippen LogP contribution in [0.3, 0.4) is 0 Å². The molecule has 1 aliphatic rings. The Bertz CT molecular complexity index is 574. The highest BCUT2D eigenvalue weighted by Gasteiger charge is 2.26. The summed E-state index contributed by atoms with van der Waals surface area (Å²) in [6.07, 6.45) is 5.61. The monoisotopic (exact) mass is 311 g/mol. The van der Waals surface area contributed by atoms with Crippen LogP contribution in [0.15, 0.2) is 35.2 Å². The lowest BCUT2D eigenvalue weighted by Gasteiger charge is -2.13. The van der Waals surface area contributed by atoms with Gasteiger partial charge in [-0.2, -0.15) is 0 Å². The van der Waals surface area contributed by atoms with Gasteiger partial charge in [-0.25, -0.2) is 0 Å². The minimum atomic E-state index is -0.875. The molecule has 0 aliphatic heterocycles. The van der Waals surface area contributed by atoms with E-state index < -0.39 is 11.9 Å². The van der Waals surface area contributed by atoms with E-state index in [0.29, 0.717) is 17.0 Å². The molecule has 2 atom stereocenters. The molecule has 0 spiro atoms. The predicted octanol–water partition coefficient (Wildman–Crippen LogP) is 2.82. The van der Waals surface area contributed by atoms with Crippen LogP contribution < -0.4 is 5.32 Å². The Balaban J connectivity index is 2.06. The summed E-state index contributed by atoms with van der Waals surface area (Å²) in [5.74, 6) is -1.69. The molecule has 20 heavy (non-hydrogen) atoms. The number of hydrogen-bond donors (Lipinski definition) is 2. The van der Waals surface area contributed by atoms with Gasteiger partial charge in [0.05, 0.1) is 16.5 Å². The number of carbonyl (C=O) groups excluding carboxylic acids is 1. The van der Waals surface area contributed by atoms with Crippen molar-refractivity contribution in [1.82, 2.24) is 5.32 Å². The van der Waals surface area contributed by atoms with Gasteiger partial charge in [0.1, 0.15) is 0 Å². The third kappa shape index (κ3) is 3.35. The van der Waals surface area contributed by atoms with Crippen LogP contribution in [0.2, 0.25) is 5.02 Å². The van der Waals surface area contributed by atoms with Gasteiger partial charge in [-0.05, 0) is 30.9 Å². The largest absolute Gasteiger partial charge is 0.481 e. The van der Waals surface area contributed by atoms with Gasteiger partial charge in [0, 0.05) is 10.9 Å². The highest BCUT2D eigenvalue weighted by atomic mass is 35.5. The fraction of sp³-hybridized carbons (Fsp3) is 0.286. The molecular weight excluding hydrogens is 298 g/mol. The van der Waals surface area contributed by atoms with E-state index in [1.807, 2.05) is 12.3 Å². The van der Waals surface area contributed by atoms with Gasteiger partial charge >= 0.3 is 5.97 Å². The number of carboxylic acid groups (broad SMARTS) is 1. The number of nitrogens with one attached hydrogen (secondary N) is 1. The van der Waals surface area contributed by atoms with Crippen molar-refractivity contribution in [1.29, 1.82) is 0 Å². The number of hydrogen-bond acceptors (Lipinski definition) is 3. The van der Waals surface area contributed by atoms with E-state index in [1.165, 1.54) is 11.8 Å². The molecule has 0 bridgehead atoms. The first kappa shape index (κ1) is 14.9. The van der Waals surface area contributed by atoms with Gasteiger partial charge in [0.2, 0.25) is 0 Å². The summed E-state index contributed by atoms with van der Waals surface area (Å²) in [7, 11) is 0. The first-order valence-corrected chi connectivity index (χ1v) is 7.67. The molecule has 1 aromatic carbocycles. The molecule has 2 unspecified atom stereocenters. The third-order valence-electron chi connectivity index (χ3n) is 3.14. The van der Waals surface area contributed by atoms with Gasteiger partial charge in [-0.3, -0.25) is 9.59 Å². The summed E-state index contributed by atoms with van der Waals surface area (Å²) >= 11 is 7.56. The lowest BCUT2D eigenvalue weighted by molar-refractivity contribution is -0.140. The van der Waals surface area contributed by atoms with Gasteiger partial charge in [0.15, 0.2) is 0 Å².